The molecule has 142 valence electrons. The molecule has 0 bridgehead atoms. The zero-order valence-electron chi connectivity index (χ0n) is 15.7. The highest BCUT2D eigenvalue weighted by Crippen LogP contribution is 2.32. The summed E-state index contributed by atoms with van der Waals surface area (Å²) in [6.45, 7) is 3.62. The van der Waals surface area contributed by atoms with Crippen molar-refractivity contribution in [2.45, 2.75) is 45.2 Å². The van der Waals surface area contributed by atoms with Crippen LogP contribution in [0.25, 0.3) is 4.96 Å². The van der Waals surface area contributed by atoms with Gasteiger partial charge in [-0.3, -0.25) is 9.69 Å². The van der Waals surface area contributed by atoms with Crippen molar-refractivity contribution in [1.82, 2.24) is 19.5 Å². The molecule has 0 spiro atoms. The predicted octanol–water partition coefficient (Wildman–Crippen LogP) is 3.59. The molecular weight excluding hydrogens is 360 g/mol. The normalized spacial score (nSPS) is 18.5. The van der Waals surface area contributed by atoms with E-state index in [2.05, 4.69) is 27.1 Å². The Morgan fingerprint density at radius 1 is 1.22 bits per heavy atom. The summed E-state index contributed by atoms with van der Waals surface area (Å²) in [4.78, 5) is 19.8. The molecule has 7 heteroatoms. The van der Waals surface area contributed by atoms with Crippen molar-refractivity contribution in [2.75, 3.05) is 13.7 Å². The van der Waals surface area contributed by atoms with Crippen molar-refractivity contribution < 1.29 is 4.74 Å². The molecule has 0 aliphatic carbocycles. The first kappa shape index (κ1) is 18.1. The molecule has 0 N–H and O–H groups in total. The number of hydrogen-bond donors (Lipinski definition) is 0. The van der Waals surface area contributed by atoms with Crippen LogP contribution in [0.1, 0.15) is 48.0 Å². The summed E-state index contributed by atoms with van der Waals surface area (Å²) < 4.78 is 6.72. The highest BCUT2D eigenvalue weighted by molar-refractivity contribution is 7.16. The first-order chi connectivity index (χ1) is 13.1. The van der Waals surface area contributed by atoms with E-state index in [9.17, 15) is 4.79 Å². The van der Waals surface area contributed by atoms with Gasteiger partial charge in [-0.2, -0.15) is 9.61 Å². The summed E-state index contributed by atoms with van der Waals surface area (Å²) >= 11 is 1.51. The first-order valence-electron chi connectivity index (χ1n) is 9.38. The van der Waals surface area contributed by atoms with Gasteiger partial charge in [-0.1, -0.05) is 36.3 Å². The van der Waals surface area contributed by atoms with Crippen LogP contribution >= 0.6 is 11.3 Å². The van der Waals surface area contributed by atoms with Crippen LogP contribution in [-0.2, 0) is 6.54 Å². The fourth-order valence-corrected chi connectivity index (χ4v) is 4.73. The van der Waals surface area contributed by atoms with E-state index in [1.807, 2.05) is 19.1 Å². The molecule has 1 saturated heterocycles. The van der Waals surface area contributed by atoms with Crippen molar-refractivity contribution in [3.63, 3.8) is 0 Å². The maximum atomic E-state index is 12.1. The van der Waals surface area contributed by atoms with E-state index in [0.717, 1.165) is 36.0 Å². The third-order valence-electron chi connectivity index (χ3n) is 5.12. The Morgan fingerprint density at radius 2 is 2.04 bits per heavy atom. The summed E-state index contributed by atoms with van der Waals surface area (Å²) in [5, 5.41) is 5.47. The Labute approximate surface area is 162 Å². The Balaban J connectivity index is 1.62. The van der Waals surface area contributed by atoms with Crippen molar-refractivity contribution in [1.29, 1.82) is 0 Å². The molecule has 27 heavy (non-hydrogen) atoms. The molecular formula is C20H24N4O2S. The van der Waals surface area contributed by atoms with E-state index in [-0.39, 0.29) is 5.56 Å². The summed E-state index contributed by atoms with van der Waals surface area (Å²) in [5.41, 5.74) is 1.94. The molecule has 4 rings (SSSR count). The van der Waals surface area contributed by atoms with Crippen LogP contribution in [0, 0.1) is 6.92 Å². The average Bonchev–Trinajstić information content (AvgIpc) is 2.92. The molecule has 1 aliphatic heterocycles. The van der Waals surface area contributed by atoms with Crippen LogP contribution in [0.3, 0.4) is 0 Å². The molecule has 0 saturated carbocycles. The number of likely N-dealkylation sites (tertiary alicyclic amines) is 1. The van der Waals surface area contributed by atoms with Gasteiger partial charge in [-0.25, -0.2) is 4.98 Å². The summed E-state index contributed by atoms with van der Waals surface area (Å²) in [6.07, 6.45) is 4.81. The summed E-state index contributed by atoms with van der Waals surface area (Å²) in [5.74, 6) is 0.880. The fraction of sp³-hybridized carbons (Fsp3) is 0.450. The van der Waals surface area contributed by atoms with Crippen LogP contribution in [0.5, 0.6) is 5.75 Å². The number of aryl methyl sites for hydroxylation is 1. The topological polar surface area (TPSA) is 59.7 Å². The fourth-order valence-electron chi connectivity index (χ4n) is 3.76. The van der Waals surface area contributed by atoms with E-state index < -0.39 is 0 Å². The smallest absolute Gasteiger partial charge is 0.275 e. The SMILES string of the molecule is COc1ccc([C@@H]2CCCCCN2Cc2nn3c(=O)cc(C)nc3s2)cc1. The number of aromatic nitrogens is 3. The molecule has 0 amide bonds. The van der Waals surface area contributed by atoms with Gasteiger partial charge in [-0.15, -0.1) is 0 Å². The van der Waals surface area contributed by atoms with Crippen LogP contribution in [0.15, 0.2) is 35.1 Å². The molecule has 1 fully saturated rings. The average molecular weight is 385 g/mol. The molecule has 2 aromatic heterocycles. The van der Waals surface area contributed by atoms with Gasteiger partial charge in [0.05, 0.1) is 13.7 Å². The highest BCUT2D eigenvalue weighted by atomic mass is 32.1. The van der Waals surface area contributed by atoms with Crippen molar-refractivity contribution in [3.8, 4) is 5.75 Å². The molecule has 1 aliphatic rings. The molecule has 3 aromatic rings. The largest absolute Gasteiger partial charge is 0.497 e. The van der Waals surface area contributed by atoms with Crippen molar-refractivity contribution in [3.05, 3.63) is 57.0 Å². The van der Waals surface area contributed by atoms with Gasteiger partial charge < -0.3 is 4.74 Å². The van der Waals surface area contributed by atoms with Crippen molar-refractivity contribution >= 4 is 16.3 Å². The number of hydrogen-bond acceptors (Lipinski definition) is 6. The molecule has 3 heterocycles. The number of rotatable bonds is 4. The number of ether oxygens (including phenoxy) is 1. The molecule has 1 aromatic carbocycles. The van der Waals surface area contributed by atoms with Crippen LogP contribution in [0.2, 0.25) is 0 Å². The molecule has 1 atom stereocenters. The van der Waals surface area contributed by atoms with Crippen LogP contribution in [-0.4, -0.2) is 33.2 Å². The Hall–Kier alpha value is -2.25. The number of nitrogens with zero attached hydrogens (tertiary/aromatic N) is 4. The number of methoxy groups -OCH3 is 1. The Morgan fingerprint density at radius 3 is 2.81 bits per heavy atom. The monoisotopic (exact) mass is 384 g/mol. The second-order valence-corrected chi connectivity index (χ2v) is 8.08. The van der Waals surface area contributed by atoms with Crippen LogP contribution in [0.4, 0.5) is 0 Å². The van der Waals surface area contributed by atoms with Gasteiger partial charge in [0.25, 0.3) is 5.56 Å². The summed E-state index contributed by atoms with van der Waals surface area (Å²) in [6, 6.07) is 10.3. The Bertz CT molecular complexity index is 980. The minimum Gasteiger partial charge on any atom is -0.497 e. The van der Waals surface area contributed by atoms with Gasteiger partial charge in [0, 0.05) is 17.8 Å². The third-order valence-corrected chi connectivity index (χ3v) is 6.01. The van der Waals surface area contributed by atoms with E-state index in [1.54, 1.807) is 7.11 Å². The zero-order chi connectivity index (χ0) is 18.8. The predicted molar refractivity (Wildman–Crippen MR) is 106 cm³/mol. The zero-order valence-corrected chi connectivity index (χ0v) is 16.5. The lowest BCUT2D eigenvalue weighted by Gasteiger charge is -2.29. The highest BCUT2D eigenvalue weighted by Gasteiger charge is 2.24. The quantitative estimate of drug-likeness (QED) is 0.688. The number of fused-ring (bicyclic) bond motifs is 1. The molecule has 0 unspecified atom stereocenters. The van der Waals surface area contributed by atoms with Crippen molar-refractivity contribution in [2.24, 2.45) is 0 Å². The van der Waals surface area contributed by atoms with Gasteiger partial charge in [0.2, 0.25) is 4.96 Å². The Kier molecular flexibility index (Phi) is 5.22. The van der Waals surface area contributed by atoms with Gasteiger partial charge in [0.1, 0.15) is 10.8 Å². The van der Waals surface area contributed by atoms with E-state index in [4.69, 9.17) is 4.74 Å². The van der Waals surface area contributed by atoms with Gasteiger partial charge in [0.15, 0.2) is 0 Å². The lowest BCUT2D eigenvalue weighted by molar-refractivity contribution is 0.191. The third kappa shape index (κ3) is 3.89. The maximum absolute atomic E-state index is 12.1. The standard InChI is InChI=1S/C20H24N4O2S/c1-14-12-19(25)24-20(21-14)27-18(22-24)13-23-11-5-3-4-6-17(23)15-7-9-16(26-2)10-8-15/h7-10,12,17H,3-6,11,13H2,1-2H3/t17-/m0/s1. The van der Waals surface area contributed by atoms with E-state index in [0.29, 0.717) is 11.0 Å². The molecule has 6 nitrogen and oxygen atoms in total. The second-order valence-electron chi connectivity index (χ2n) is 7.03. The van der Waals surface area contributed by atoms with E-state index in [1.165, 1.54) is 46.7 Å². The van der Waals surface area contributed by atoms with E-state index >= 15 is 0 Å². The summed E-state index contributed by atoms with van der Waals surface area (Å²) in [7, 11) is 1.69. The second kappa shape index (κ2) is 7.78. The van der Waals surface area contributed by atoms with Crippen LogP contribution < -0.4 is 10.3 Å². The first-order valence-corrected chi connectivity index (χ1v) is 10.2. The van der Waals surface area contributed by atoms with Gasteiger partial charge in [-0.05, 0) is 44.0 Å². The minimum absolute atomic E-state index is 0.109. The maximum Gasteiger partial charge on any atom is 0.275 e. The lowest BCUT2D eigenvalue weighted by Crippen LogP contribution is -2.28. The number of benzene rings is 1. The lowest BCUT2D eigenvalue weighted by atomic mass is 10.0. The van der Waals surface area contributed by atoms with Gasteiger partial charge >= 0.3 is 0 Å². The molecule has 0 radical (unpaired) electrons. The minimum atomic E-state index is -0.109.